The fourth-order valence-corrected chi connectivity index (χ4v) is 2.64. The predicted octanol–water partition coefficient (Wildman–Crippen LogP) is 1.82. The number of carbonyl (C=O) groups is 2. The smallest absolute Gasteiger partial charge is 0.248 e. The Balaban J connectivity index is 1.72. The van der Waals surface area contributed by atoms with Crippen LogP contribution in [0.1, 0.15) is 29.7 Å². The molecule has 7 nitrogen and oxygen atoms in total. The molecule has 0 saturated carbocycles. The molecule has 2 heterocycles. The Morgan fingerprint density at radius 2 is 2.04 bits per heavy atom. The first-order valence-corrected chi connectivity index (χ1v) is 7.49. The number of nitrogens with zero attached hydrogens (tertiary/aromatic N) is 3. The van der Waals surface area contributed by atoms with Gasteiger partial charge in [-0.1, -0.05) is 35.0 Å². The molecule has 120 valence electrons. The Morgan fingerprint density at radius 1 is 1.30 bits per heavy atom. The minimum atomic E-state index is -0.500. The second-order valence-electron chi connectivity index (χ2n) is 5.75. The number of likely N-dealkylation sites (tertiary alicyclic amines) is 1. The lowest BCUT2D eigenvalue weighted by molar-refractivity contribution is -0.133. The fourth-order valence-electron chi connectivity index (χ4n) is 2.64. The third kappa shape index (κ3) is 3.23. The summed E-state index contributed by atoms with van der Waals surface area (Å²) in [6.07, 6.45) is 0.876. The minimum Gasteiger partial charge on any atom is -0.326 e. The molecule has 2 amide bonds. The number of anilines is 1. The molecule has 1 fully saturated rings. The first-order chi connectivity index (χ1) is 11.0. The zero-order chi connectivity index (χ0) is 16.4. The van der Waals surface area contributed by atoms with Crippen LogP contribution in [0, 0.1) is 13.8 Å². The van der Waals surface area contributed by atoms with E-state index in [4.69, 9.17) is 0 Å². The second-order valence-corrected chi connectivity index (χ2v) is 5.75. The lowest BCUT2D eigenvalue weighted by atomic mass is 10.1. The van der Waals surface area contributed by atoms with E-state index in [1.54, 1.807) is 11.8 Å². The van der Waals surface area contributed by atoms with E-state index in [1.807, 2.05) is 31.2 Å². The SMILES string of the molecule is Cc1ccc(CN2C(=O)CC[C@H]2C(=O)Nc2nonc2C)cc1. The quantitative estimate of drug-likeness (QED) is 0.930. The lowest BCUT2D eigenvalue weighted by Crippen LogP contribution is -2.41. The molecule has 1 aromatic carbocycles. The number of hydrogen-bond acceptors (Lipinski definition) is 5. The number of carbonyl (C=O) groups excluding carboxylic acids is 2. The monoisotopic (exact) mass is 314 g/mol. The molecule has 0 bridgehead atoms. The van der Waals surface area contributed by atoms with Gasteiger partial charge in [-0.05, 0) is 31.0 Å². The van der Waals surface area contributed by atoms with Crippen LogP contribution in [0.3, 0.4) is 0 Å². The van der Waals surface area contributed by atoms with Crippen LogP contribution in [0.15, 0.2) is 28.9 Å². The van der Waals surface area contributed by atoms with Crippen LogP contribution in [0.25, 0.3) is 0 Å². The van der Waals surface area contributed by atoms with Gasteiger partial charge >= 0.3 is 0 Å². The van der Waals surface area contributed by atoms with Gasteiger partial charge < -0.3 is 10.2 Å². The summed E-state index contributed by atoms with van der Waals surface area (Å²) in [5.74, 6) is 0.0205. The van der Waals surface area contributed by atoms with E-state index < -0.39 is 6.04 Å². The highest BCUT2D eigenvalue weighted by Crippen LogP contribution is 2.23. The van der Waals surface area contributed by atoms with E-state index in [1.165, 1.54) is 0 Å². The molecule has 23 heavy (non-hydrogen) atoms. The van der Waals surface area contributed by atoms with E-state index in [0.29, 0.717) is 30.9 Å². The van der Waals surface area contributed by atoms with Gasteiger partial charge in [-0.3, -0.25) is 9.59 Å². The number of aryl methyl sites for hydroxylation is 2. The molecule has 7 heteroatoms. The van der Waals surface area contributed by atoms with Crippen molar-refractivity contribution in [2.24, 2.45) is 0 Å². The molecule has 0 spiro atoms. The van der Waals surface area contributed by atoms with Gasteiger partial charge in [0.1, 0.15) is 11.7 Å². The van der Waals surface area contributed by atoms with Crippen molar-refractivity contribution in [2.45, 2.75) is 39.3 Å². The van der Waals surface area contributed by atoms with Crippen LogP contribution in [-0.4, -0.2) is 33.1 Å². The maximum absolute atomic E-state index is 12.5. The van der Waals surface area contributed by atoms with Gasteiger partial charge in [-0.25, -0.2) is 4.63 Å². The van der Waals surface area contributed by atoms with Crippen LogP contribution in [0.5, 0.6) is 0 Å². The van der Waals surface area contributed by atoms with E-state index in [-0.39, 0.29) is 11.8 Å². The topological polar surface area (TPSA) is 88.3 Å². The Kier molecular flexibility index (Phi) is 4.10. The standard InChI is InChI=1S/C16H18N4O3/c1-10-3-5-12(6-4-10)9-20-13(7-8-14(20)21)16(22)17-15-11(2)18-23-19-15/h3-6,13H,7-9H2,1-2H3,(H,17,19,22)/t13-/m0/s1. The Morgan fingerprint density at radius 3 is 2.70 bits per heavy atom. The van der Waals surface area contributed by atoms with Gasteiger partial charge in [0, 0.05) is 13.0 Å². The zero-order valence-corrected chi connectivity index (χ0v) is 13.1. The Bertz CT molecular complexity index is 723. The lowest BCUT2D eigenvalue weighted by Gasteiger charge is -2.23. The first kappa shape index (κ1) is 15.2. The van der Waals surface area contributed by atoms with E-state index >= 15 is 0 Å². The van der Waals surface area contributed by atoms with Crippen molar-refractivity contribution in [3.05, 3.63) is 41.1 Å². The molecule has 1 aliphatic heterocycles. The Hall–Kier alpha value is -2.70. The molecular weight excluding hydrogens is 296 g/mol. The van der Waals surface area contributed by atoms with E-state index in [9.17, 15) is 9.59 Å². The van der Waals surface area contributed by atoms with Gasteiger partial charge in [0.05, 0.1) is 0 Å². The summed E-state index contributed by atoms with van der Waals surface area (Å²) in [6.45, 7) is 4.12. The zero-order valence-electron chi connectivity index (χ0n) is 13.1. The highest BCUT2D eigenvalue weighted by Gasteiger charge is 2.36. The average molecular weight is 314 g/mol. The fraction of sp³-hybridized carbons (Fsp3) is 0.375. The summed E-state index contributed by atoms with van der Waals surface area (Å²) in [4.78, 5) is 26.2. The molecule has 1 atom stereocenters. The highest BCUT2D eigenvalue weighted by atomic mass is 16.6. The van der Waals surface area contributed by atoms with Crippen molar-refractivity contribution in [3.8, 4) is 0 Å². The third-order valence-corrected chi connectivity index (χ3v) is 4.00. The van der Waals surface area contributed by atoms with Crippen molar-refractivity contribution in [3.63, 3.8) is 0 Å². The van der Waals surface area contributed by atoms with E-state index in [2.05, 4.69) is 20.3 Å². The predicted molar refractivity (Wildman–Crippen MR) is 82.4 cm³/mol. The number of rotatable bonds is 4. The molecule has 3 rings (SSSR count). The number of benzene rings is 1. The van der Waals surface area contributed by atoms with Crippen LogP contribution < -0.4 is 5.32 Å². The third-order valence-electron chi connectivity index (χ3n) is 4.00. The average Bonchev–Trinajstić information content (AvgIpc) is 3.09. The van der Waals surface area contributed by atoms with Gasteiger partial charge in [0.15, 0.2) is 5.82 Å². The highest BCUT2D eigenvalue weighted by molar-refractivity contribution is 5.98. The number of amides is 2. The number of aromatic nitrogens is 2. The number of hydrogen-bond donors (Lipinski definition) is 1. The molecule has 1 saturated heterocycles. The maximum atomic E-state index is 12.5. The second kappa shape index (κ2) is 6.20. The maximum Gasteiger partial charge on any atom is 0.248 e. The van der Waals surface area contributed by atoms with Crippen molar-refractivity contribution < 1.29 is 14.2 Å². The Labute approximate surface area is 133 Å². The summed E-state index contributed by atoms with van der Waals surface area (Å²) in [5.41, 5.74) is 2.67. The molecule has 0 unspecified atom stereocenters. The van der Waals surface area contributed by atoms with Crippen LogP contribution in [-0.2, 0) is 16.1 Å². The van der Waals surface area contributed by atoms with Gasteiger partial charge in [0.2, 0.25) is 11.8 Å². The van der Waals surface area contributed by atoms with Gasteiger partial charge in [-0.2, -0.15) is 0 Å². The summed E-state index contributed by atoms with van der Waals surface area (Å²) >= 11 is 0. The molecule has 1 aromatic heterocycles. The molecule has 1 N–H and O–H groups in total. The number of nitrogens with one attached hydrogen (secondary N) is 1. The van der Waals surface area contributed by atoms with Crippen molar-refractivity contribution >= 4 is 17.6 Å². The van der Waals surface area contributed by atoms with Crippen LogP contribution in [0.4, 0.5) is 5.82 Å². The van der Waals surface area contributed by atoms with Gasteiger partial charge in [-0.15, -0.1) is 0 Å². The molecular formula is C16H18N4O3. The summed E-state index contributed by atoms with van der Waals surface area (Å²) < 4.78 is 4.57. The summed E-state index contributed by atoms with van der Waals surface area (Å²) in [7, 11) is 0. The van der Waals surface area contributed by atoms with Crippen LogP contribution >= 0.6 is 0 Å². The molecule has 0 radical (unpaired) electrons. The van der Waals surface area contributed by atoms with E-state index in [0.717, 1.165) is 11.1 Å². The normalized spacial score (nSPS) is 17.6. The first-order valence-electron chi connectivity index (χ1n) is 7.49. The van der Waals surface area contributed by atoms with Crippen LogP contribution in [0.2, 0.25) is 0 Å². The van der Waals surface area contributed by atoms with Crippen molar-refractivity contribution in [1.29, 1.82) is 0 Å². The summed E-state index contributed by atoms with van der Waals surface area (Å²) in [6, 6.07) is 7.44. The largest absolute Gasteiger partial charge is 0.326 e. The molecule has 0 aliphatic carbocycles. The minimum absolute atomic E-state index is 0.0132. The summed E-state index contributed by atoms with van der Waals surface area (Å²) in [5, 5.41) is 9.95. The van der Waals surface area contributed by atoms with Crippen molar-refractivity contribution in [2.75, 3.05) is 5.32 Å². The van der Waals surface area contributed by atoms with Crippen molar-refractivity contribution in [1.82, 2.24) is 15.2 Å². The molecule has 2 aromatic rings. The molecule has 1 aliphatic rings. The van der Waals surface area contributed by atoms with Gasteiger partial charge in [0.25, 0.3) is 0 Å².